The van der Waals surface area contributed by atoms with Gasteiger partial charge in [-0.15, -0.1) is 0 Å². The number of carbonyl (C=O) groups is 8. The molecule has 27 nitrogen and oxygen atoms in total. The zero-order chi connectivity index (χ0) is 49.9. The van der Waals surface area contributed by atoms with Crippen LogP contribution in [-0.2, 0) is 38.4 Å². The number of carboxylic acids is 6. The fourth-order valence-electron chi connectivity index (χ4n) is 7.93. The van der Waals surface area contributed by atoms with Gasteiger partial charge in [0.1, 0.15) is 0 Å². The Hall–Kier alpha value is -5.00. The molecule has 0 aromatic rings. The molecule has 2 rings (SSSR count). The van der Waals surface area contributed by atoms with E-state index in [1.165, 1.54) is 14.0 Å². The molecule has 0 aliphatic carbocycles. The van der Waals surface area contributed by atoms with Crippen LogP contribution in [0.5, 0.6) is 0 Å². The van der Waals surface area contributed by atoms with Gasteiger partial charge >= 0.3 is 35.8 Å². The third-order valence-corrected chi connectivity index (χ3v) is 11.4. The van der Waals surface area contributed by atoms with Crippen molar-refractivity contribution in [3.8, 4) is 0 Å². The van der Waals surface area contributed by atoms with Gasteiger partial charge in [0.2, 0.25) is 11.8 Å². The topological polar surface area (TPSA) is 331 Å². The molecule has 67 heavy (non-hydrogen) atoms. The molecule has 8 N–H and O–H groups in total. The van der Waals surface area contributed by atoms with Crippen molar-refractivity contribution in [2.24, 2.45) is 0 Å². The van der Waals surface area contributed by atoms with E-state index in [0.29, 0.717) is 0 Å². The number of nitrogens with one attached hydrogen (secondary N) is 2. The lowest BCUT2D eigenvalue weighted by molar-refractivity contribution is -0.520. The van der Waals surface area contributed by atoms with E-state index in [0.717, 1.165) is 4.76 Å². The summed E-state index contributed by atoms with van der Waals surface area (Å²) in [7, 11) is 1.35. The lowest BCUT2D eigenvalue weighted by Crippen LogP contribution is -2.55. The number of rotatable bonds is 25. The zero-order valence-electron chi connectivity index (χ0n) is 38.9. The normalized spacial score (nSPS) is 18.9. The number of carbonyl (C=O) groups excluding carboxylic acids is 2. The Labute approximate surface area is 390 Å². The average molecular weight is 962 g/mol. The van der Waals surface area contributed by atoms with Crippen molar-refractivity contribution in [3.05, 3.63) is 4.91 Å². The van der Waals surface area contributed by atoms with Gasteiger partial charge in [-0.05, 0) is 4.76 Å². The van der Waals surface area contributed by atoms with Gasteiger partial charge in [-0.25, -0.2) is 10.0 Å². The number of hydrogen-bond donors (Lipinski definition) is 8. The van der Waals surface area contributed by atoms with Crippen molar-refractivity contribution in [3.63, 3.8) is 0 Å². The summed E-state index contributed by atoms with van der Waals surface area (Å²) >= 11 is 0. The van der Waals surface area contributed by atoms with Gasteiger partial charge in [0.15, 0.2) is 13.6 Å². The Kier molecular flexibility index (Phi) is 27.7. The largest absolute Gasteiger partial charge is 0.480 e. The maximum atomic E-state index is 13.8. The standard InChI is InChI=1S/C40H72N12O15/c1-32(53)41-4-7-51(52-23-19-48(30-39(63)64)15-11-45(27-36(57)58)12-16-49(20-24-52)31-40(65)66)8-5-42-34(54)25-33(3-6-43(2)67)50-21-17-46(28-37(59)60)13-9-44(26-35(55)56)10-14-47(18-22-50)29-38(61)62/h33H,3-31H2,1-2H3,(H7-,41,42,53,54,55,56,57,58,59,60,61,62,63,64,65,66)/p+1. The van der Waals surface area contributed by atoms with Crippen LogP contribution in [0.2, 0.25) is 0 Å². The minimum Gasteiger partial charge on any atom is -0.480 e. The molecule has 2 fully saturated rings. The highest BCUT2D eigenvalue weighted by atomic mass is 16.4. The van der Waals surface area contributed by atoms with Crippen LogP contribution in [0.25, 0.3) is 0 Å². The predicted octanol–water partition coefficient (Wildman–Crippen LogP) is -5.04. The van der Waals surface area contributed by atoms with E-state index in [4.69, 9.17) is 0 Å². The van der Waals surface area contributed by atoms with Crippen LogP contribution >= 0.6 is 0 Å². The highest BCUT2D eigenvalue weighted by Crippen LogP contribution is 2.13. The van der Waals surface area contributed by atoms with Crippen molar-refractivity contribution in [2.75, 3.05) is 184 Å². The molecule has 27 heteroatoms. The van der Waals surface area contributed by atoms with E-state index in [9.17, 15) is 73.9 Å². The molecule has 0 spiro atoms. The molecule has 0 bridgehead atoms. The van der Waals surface area contributed by atoms with Crippen LogP contribution in [0.15, 0.2) is 0 Å². The summed E-state index contributed by atoms with van der Waals surface area (Å²) in [5.41, 5.74) is 0. The lowest BCUT2D eigenvalue weighted by atomic mass is 10.1. The van der Waals surface area contributed by atoms with Crippen molar-refractivity contribution < 1.29 is 73.8 Å². The third-order valence-electron chi connectivity index (χ3n) is 11.4. The first kappa shape index (κ1) is 58.1. The molecule has 0 saturated carbocycles. The summed E-state index contributed by atoms with van der Waals surface area (Å²) in [5.74, 6) is -7.12. The average Bonchev–Trinajstić information content (AvgIpc) is 3.20. The number of aliphatic carboxylic acids is 6. The summed E-state index contributed by atoms with van der Waals surface area (Å²) in [6.07, 6.45) is 0.156. The molecule has 2 aliphatic rings. The van der Waals surface area contributed by atoms with Crippen LogP contribution in [0.3, 0.4) is 0 Å². The number of amides is 2. The van der Waals surface area contributed by atoms with E-state index in [1.54, 1.807) is 29.4 Å². The highest BCUT2D eigenvalue weighted by Gasteiger charge is 2.28. The van der Waals surface area contributed by atoms with Crippen LogP contribution < -0.4 is 10.6 Å². The molecule has 0 aromatic carbocycles. The smallest absolute Gasteiger partial charge is 0.317 e. The lowest BCUT2D eigenvalue weighted by Gasteiger charge is -2.39. The van der Waals surface area contributed by atoms with Gasteiger partial charge in [0, 0.05) is 162 Å². The fraction of sp³-hybridized carbons (Fsp3) is 0.800. The summed E-state index contributed by atoms with van der Waals surface area (Å²) in [4.78, 5) is 120. The Balaban J connectivity index is 2.37. The maximum Gasteiger partial charge on any atom is 0.317 e. The van der Waals surface area contributed by atoms with Gasteiger partial charge in [0.05, 0.1) is 39.3 Å². The molecule has 1 atom stereocenters. The van der Waals surface area contributed by atoms with Gasteiger partial charge in [-0.1, -0.05) is 0 Å². The second-order valence-electron chi connectivity index (χ2n) is 16.8. The van der Waals surface area contributed by atoms with Crippen LogP contribution in [0.1, 0.15) is 19.8 Å². The molecule has 0 radical (unpaired) electrons. The Morgan fingerprint density at radius 1 is 0.493 bits per heavy atom. The Morgan fingerprint density at radius 2 is 0.791 bits per heavy atom. The van der Waals surface area contributed by atoms with Crippen molar-refractivity contribution in [1.29, 1.82) is 0 Å². The van der Waals surface area contributed by atoms with Gasteiger partial charge in [-0.2, -0.15) is 0 Å². The van der Waals surface area contributed by atoms with E-state index in [2.05, 4.69) is 10.6 Å². The van der Waals surface area contributed by atoms with E-state index in [1.807, 2.05) is 14.9 Å². The molecule has 382 valence electrons. The number of hydrazine groups is 1. The third kappa shape index (κ3) is 27.4. The minimum absolute atomic E-state index is 0.0531. The second-order valence-corrected chi connectivity index (χ2v) is 16.8. The van der Waals surface area contributed by atoms with Gasteiger partial charge < -0.3 is 41.3 Å². The fourth-order valence-corrected chi connectivity index (χ4v) is 7.93. The Morgan fingerprint density at radius 3 is 1.09 bits per heavy atom. The molecular formula is C40H73N12O15+. The van der Waals surface area contributed by atoms with Crippen LogP contribution in [-0.4, -0.2) is 317 Å². The van der Waals surface area contributed by atoms with Crippen molar-refractivity contribution >= 4 is 47.6 Å². The molecule has 2 saturated heterocycles. The number of carboxylic acid groups (broad SMARTS) is 6. The first-order chi connectivity index (χ1) is 31.7. The number of nitrogens with zero attached hydrogens (tertiary/aromatic N) is 10. The van der Waals surface area contributed by atoms with Gasteiger partial charge in [-0.3, -0.25) is 72.7 Å². The second kappa shape index (κ2) is 31.9. The van der Waals surface area contributed by atoms with E-state index >= 15 is 0 Å². The summed E-state index contributed by atoms with van der Waals surface area (Å²) < 4.78 is 0.734. The predicted molar refractivity (Wildman–Crippen MR) is 238 cm³/mol. The molecule has 2 amide bonds. The SMILES string of the molecule is CC(=O)NCCN(CCNC(=O)CC(CC[N+](C)=O)N1CCN(CC(=O)O)CCN(CC(=O)O)CCN(CC(=O)O)CC1)N1CCN(CC(=O)O)CCN(CC(=O)O)CCN(CC(=O)O)CC1. The van der Waals surface area contributed by atoms with Gasteiger partial charge in [0.25, 0.3) is 0 Å². The summed E-state index contributed by atoms with van der Waals surface area (Å²) in [6, 6.07) is -0.543. The van der Waals surface area contributed by atoms with Crippen LogP contribution in [0.4, 0.5) is 0 Å². The van der Waals surface area contributed by atoms with Crippen LogP contribution in [0, 0.1) is 4.91 Å². The van der Waals surface area contributed by atoms with E-state index in [-0.39, 0.29) is 201 Å². The molecule has 2 aliphatic heterocycles. The maximum absolute atomic E-state index is 13.8. The minimum atomic E-state index is -1.08. The first-order valence-electron chi connectivity index (χ1n) is 22.5. The summed E-state index contributed by atoms with van der Waals surface area (Å²) in [6.45, 7) is 3.88. The monoisotopic (exact) mass is 962 g/mol. The highest BCUT2D eigenvalue weighted by molar-refractivity contribution is 5.76. The summed E-state index contributed by atoms with van der Waals surface area (Å²) in [5, 5.41) is 67.2. The number of hydrogen-bond acceptors (Lipinski definition) is 18. The first-order valence-corrected chi connectivity index (χ1v) is 22.5. The van der Waals surface area contributed by atoms with E-state index < -0.39 is 41.9 Å². The van der Waals surface area contributed by atoms with Crippen molar-refractivity contribution in [2.45, 2.75) is 25.8 Å². The molecule has 2 heterocycles. The molecular weight excluding hydrogens is 889 g/mol. The quantitative estimate of drug-likeness (QED) is 0.0397. The number of nitroso groups, excluding NO2 is 1. The zero-order valence-corrected chi connectivity index (χ0v) is 38.9. The Bertz CT molecular complexity index is 1570. The molecule has 1 unspecified atom stereocenters. The molecule has 0 aromatic heterocycles. The van der Waals surface area contributed by atoms with Crippen molar-refractivity contribution in [1.82, 2.24) is 55.0 Å².